The Morgan fingerprint density at radius 1 is 1.23 bits per heavy atom. The summed E-state index contributed by atoms with van der Waals surface area (Å²) in [5.74, 6) is 2.29. The van der Waals surface area contributed by atoms with E-state index >= 15 is 0 Å². The van der Waals surface area contributed by atoms with Crippen LogP contribution < -0.4 is 15.5 Å². The summed E-state index contributed by atoms with van der Waals surface area (Å²) in [6.45, 7) is 0.898. The van der Waals surface area contributed by atoms with Crippen LogP contribution in [-0.4, -0.2) is 61.4 Å². The lowest BCUT2D eigenvalue weighted by Gasteiger charge is -2.23. The van der Waals surface area contributed by atoms with Gasteiger partial charge in [0.15, 0.2) is 5.82 Å². The molecular formula is C25H28N8O2. The molecule has 2 aliphatic rings. The molecule has 10 heteroatoms. The van der Waals surface area contributed by atoms with Crippen molar-refractivity contribution in [3.63, 3.8) is 0 Å². The fraction of sp³-hybridized carbons (Fsp3) is 0.360. The number of fused-ring (bicyclic) bond motifs is 1. The molecule has 6 rings (SSSR count). The fourth-order valence-electron chi connectivity index (χ4n) is 4.79. The summed E-state index contributed by atoms with van der Waals surface area (Å²) in [5.41, 5.74) is 3.56. The average Bonchev–Trinajstić information content (AvgIpc) is 3.25. The number of carbonyl (C=O) groups excluding carboxylic acids is 1. The van der Waals surface area contributed by atoms with Gasteiger partial charge >= 0.3 is 0 Å². The minimum absolute atomic E-state index is 0.0309. The van der Waals surface area contributed by atoms with Gasteiger partial charge in [-0.05, 0) is 67.5 Å². The zero-order valence-corrected chi connectivity index (χ0v) is 19.6. The van der Waals surface area contributed by atoms with Crippen molar-refractivity contribution in [3.8, 4) is 5.69 Å². The highest BCUT2D eigenvalue weighted by Gasteiger charge is 2.27. The minimum atomic E-state index is -0.0977. The molecule has 0 spiro atoms. The predicted molar refractivity (Wildman–Crippen MR) is 133 cm³/mol. The molecule has 1 aliphatic carbocycles. The van der Waals surface area contributed by atoms with Gasteiger partial charge in [-0.25, -0.2) is 9.50 Å². The van der Waals surface area contributed by atoms with Crippen molar-refractivity contribution in [2.24, 2.45) is 0 Å². The van der Waals surface area contributed by atoms with Gasteiger partial charge in [0.1, 0.15) is 17.7 Å². The number of nitrogens with one attached hydrogen (secondary N) is 2. The predicted octanol–water partition coefficient (Wildman–Crippen LogP) is 2.86. The van der Waals surface area contributed by atoms with Crippen molar-refractivity contribution in [1.82, 2.24) is 29.5 Å². The van der Waals surface area contributed by atoms with E-state index in [9.17, 15) is 9.90 Å². The molecule has 2 fully saturated rings. The van der Waals surface area contributed by atoms with Gasteiger partial charge in [0, 0.05) is 31.0 Å². The average molecular weight is 473 g/mol. The van der Waals surface area contributed by atoms with Crippen LogP contribution in [0.3, 0.4) is 0 Å². The van der Waals surface area contributed by atoms with Gasteiger partial charge in [0.05, 0.1) is 18.8 Å². The first-order valence-corrected chi connectivity index (χ1v) is 12.0. The van der Waals surface area contributed by atoms with Crippen LogP contribution in [0.1, 0.15) is 47.5 Å². The number of nitrogens with zero attached hydrogens (tertiary/aromatic N) is 6. The lowest BCUT2D eigenvalue weighted by Crippen LogP contribution is -2.34. The Bertz CT molecular complexity index is 1390. The summed E-state index contributed by atoms with van der Waals surface area (Å²) >= 11 is 0. The van der Waals surface area contributed by atoms with Gasteiger partial charge in [-0.2, -0.15) is 4.98 Å². The molecule has 1 aliphatic heterocycles. The number of hydrogen-bond acceptors (Lipinski definition) is 7. The number of benzene rings is 1. The number of imidazole rings is 1. The molecule has 35 heavy (non-hydrogen) atoms. The van der Waals surface area contributed by atoms with E-state index in [0.29, 0.717) is 29.1 Å². The van der Waals surface area contributed by atoms with E-state index in [1.54, 1.807) is 17.9 Å². The highest BCUT2D eigenvalue weighted by Crippen LogP contribution is 2.41. The number of aliphatic hydroxyl groups excluding tert-OH is 1. The number of hydrogen-bond donors (Lipinski definition) is 3. The fourth-order valence-corrected chi connectivity index (χ4v) is 4.79. The minimum Gasteiger partial charge on any atom is -0.394 e. The van der Waals surface area contributed by atoms with Gasteiger partial charge in [0.25, 0.3) is 5.91 Å². The van der Waals surface area contributed by atoms with Crippen molar-refractivity contribution < 1.29 is 9.90 Å². The smallest absolute Gasteiger partial charge is 0.251 e. The summed E-state index contributed by atoms with van der Waals surface area (Å²) in [4.78, 5) is 23.7. The van der Waals surface area contributed by atoms with Gasteiger partial charge in [-0.3, -0.25) is 4.79 Å². The molecular weight excluding hydrogens is 444 g/mol. The maximum absolute atomic E-state index is 12.3. The molecule has 1 aromatic carbocycles. The Labute approximate surface area is 202 Å². The maximum atomic E-state index is 12.3. The van der Waals surface area contributed by atoms with E-state index in [1.165, 1.54) is 5.56 Å². The molecule has 0 unspecified atom stereocenters. The van der Waals surface area contributed by atoms with E-state index in [0.717, 1.165) is 43.4 Å². The first-order chi connectivity index (χ1) is 17.1. The van der Waals surface area contributed by atoms with E-state index in [2.05, 4.69) is 31.7 Å². The Kier molecular flexibility index (Phi) is 5.37. The second-order valence-electron chi connectivity index (χ2n) is 9.23. The molecule has 1 saturated heterocycles. The molecule has 0 radical (unpaired) electrons. The highest BCUT2D eigenvalue weighted by atomic mass is 16.3. The van der Waals surface area contributed by atoms with Crippen LogP contribution in [0.25, 0.3) is 11.2 Å². The SMILES string of the molecule is CNC(=O)c1cc(C2CC2)cc(-n2cnc(Nc3nc(N4CCC[C@H]4CO)nn4cccc34)c2)c1. The normalized spacial score (nSPS) is 17.8. The number of aliphatic hydroxyl groups is 1. The highest BCUT2D eigenvalue weighted by molar-refractivity contribution is 5.94. The van der Waals surface area contributed by atoms with Crippen molar-refractivity contribution >= 4 is 29.0 Å². The topological polar surface area (TPSA) is 113 Å². The van der Waals surface area contributed by atoms with Gasteiger partial charge in [-0.1, -0.05) is 0 Å². The number of anilines is 3. The zero-order valence-electron chi connectivity index (χ0n) is 19.6. The Balaban J connectivity index is 1.32. The van der Waals surface area contributed by atoms with E-state index in [1.807, 2.05) is 41.2 Å². The molecule has 10 nitrogen and oxygen atoms in total. The van der Waals surface area contributed by atoms with Crippen LogP contribution in [0.5, 0.6) is 0 Å². The second kappa shape index (κ2) is 8.70. The Hall–Kier alpha value is -3.92. The number of rotatable bonds is 7. The number of carbonyl (C=O) groups is 1. The third-order valence-corrected chi connectivity index (χ3v) is 6.83. The maximum Gasteiger partial charge on any atom is 0.251 e. The third-order valence-electron chi connectivity index (χ3n) is 6.83. The van der Waals surface area contributed by atoms with Crippen molar-refractivity contribution in [2.75, 3.05) is 30.4 Å². The largest absolute Gasteiger partial charge is 0.394 e. The van der Waals surface area contributed by atoms with Crippen LogP contribution >= 0.6 is 0 Å². The summed E-state index contributed by atoms with van der Waals surface area (Å²) in [6, 6.07) is 9.90. The quantitative estimate of drug-likeness (QED) is 0.379. The van der Waals surface area contributed by atoms with Crippen LogP contribution in [0.15, 0.2) is 49.1 Å². The molecule has 1 saturated carbocycles. The van der Waals surface area contributed by atoms with Crippen molar-refractivity contribution in [1.29, 1.82) is 0 Å². The van der Waals surface area contributed by atoms with Crippen LogP contribution in [0, 0.1) is 0 Å². The monoisotopic (exact) mass is 472 g/mol. The van der Waals surface area contributed by atoms with E-state index < -0.39 is 0 Å². The Morgan fingerprint density at radius 2 is 2.11 bits per heavy atom. The standard InChI is InChI=1S/C25H28N8O2/c1-26-24(35)18-10-17(16-6-7-16)11-20(12-18)31-13-22(27-15-31)28-23-21-5-3-9-33(21)30-25(29-23)32-8-2-4-19(32)14-34/h3,5,9-13,15-16,19,34H,2,4,6-8,14H2,1H3,(H,26,35)(H,28,29,30)/t19-/m0/s1. The lowest BCUT2D eigenvalue weighted by atomic mass is 10.0. The van der Waals surface area contributed by atoms with Gasteiger partial charge in [0.2, 0.25) is 5.95 Å². The van der Waals surface area contributed by atoms with Crippen molar-refractivity contribution in [3.05, 3.63) is 60.2 Å². The molecule has 1 atom stereocenters. The van der Waals surface area contributed by atoms with Crippen molar-refractivity contribution in [2.45, 2.75) is 37.6 Å². The van der Waals surface area contributed by atoms with Crippen LogP contribution in [0.2, 0.25) is 0 Å². The van der Waals surface area contributed by atoms with E-state index in [4.69, 9.17) is 4.98 Å². The molecule has 3 aromatic heterocycles. The first-order valence-electron chi connectivity index (χ1n) is 12.0. The molecule has 180 valence electrons. The zero-order chi connectivity index (χ0) is 23.9. The number of aromatic nitrogens is 5. The first kappa shape index (κ1) is 21.6. The summed E-state index contributed by atoms with van der Waals surface area (Å²) in [7, 11) is 1.65. The summed E-state index contributed by atoms with van der Waals surface area (Å²) in [5, 5.41) is 20.5. The van der Waals surface area contributed by atoms with Crippen LogP contribution in [-0.2, 0) is 0 Å². The lowest BCUT2D eigenvalue weighted by molar-refractivity contribution is 0.0963. The molecule has 3 N–H and O–H groups in total. The Morgan fingerprint density at radius 3 is 2.91 bits per heavy atom. The molecule has 4 aromatic rings. The van der Waals surface area contributed by atoms with Gasteiger partial charge in [-0.15, -0.1) is 5.10 Å². The van der Waals surface area contributed by atoms with E-state index in [-0.39, 0.29) is 18.6 Å². The molecule has 4 heterocycles. The van der Waals surface area contributed by atoms with Crippen LogP contribution in [0.4, 0.5) is 17.6 Å². The summed E-state index contributed by atoms with van der Waals surface area (Å²) in [6.07, 6.45) is 9.76. The number of amides is 1. The summed E-state index contributed by atoms with van der Waals surface area (Å²) < 4.78 is 3.71. The molecule has 1 amide bonds. The molecule has 0 bridgehead atoms. The van der Waals surface area contributed by atoms with Gasteiger partial charge < -0.3 is 25.2 Å². The second-order valence-corrected chi connectivity index (χ2v) is 9.23. The third kappa shape index (κ3) is 4.10.